The predicted octanol–water partition coefficient (Wildman–Crippen LogP) is 4.00. The van der Waals surface area contributed by atoms with E-state index in [-0.39, 0.29) is 0 Å². The number of nitrogens with two attached hydrogens (primary N) is 1. The van der Waals surface area contributed by atoms with E-state index in [2.05, 4.69) is 46.1 Å². The number of rotatable bonds is 4. The molecule has 3 aromatic heterocycles. The lowest BCUT2D eigenvalue weighted by molar-refractivity contribution is 0.906. The molecule has 0 bridgehead atoms. The number of hydrogen-bond acceptors (Lipinski definition) is 4. The Kier molecular flexibility index (Phi) is 4.13. The van der Waals surface area contributed by atoms with Crippen molar-refractivity contribution < 1.29 is 0 Å². The van der Waals surface area contributed by atoms with Gasteiger partial charge in [0.25, 0.3) is 0 Å². The number of nitrogens with one attached hydrogen (secondary N) is 1. The lowest BCUT2D eigenvalue weighted by atomic mass is 9.96. The number of anilines is 1. The fourth-order valence-electron chi connectivity index (χ4n) is 3.38. The van der Waals surface area contributed by atoms with Crippen LogP contribution in [-0.4, -0.2) is 19.9 Å². The van der Waals surface area contributed by atoms with Gasteiger partial charge in [0.2, 0.25) is 0 Å². The summed E-state index contributed by atoms with van der Waals surface area (Å²) >= 11 is 0. The lowest BCUT2D eigenvalue weighted by Gasteiger charge is -2.11. The number of nitrogens with zero attached hydrogens (tertiary/aromatic N) is 3. The second-order valence-corrected chi connectivity index (χ2v) is 6.62. The Morgan fingerprint density at radius 1 is 1.00 bits per heavy atom. The van der Waals surface area contributed by atoms with Crippen molar-refractivity contribution in [1.29, 1.82) is 0 Å². The SMILES string of the molecule is Cc1cc(N)nc(CCc2c(C)cccc2-c2nc3cccnc3[nH]2)c1. The average molecular weight is 343 g/mol. The molecule has 3 N–H and O–H groups in total. The summed E-state index contributed by atoms with van der Waals surface area (Å²) in [5, 5.41) is 0. The molecular weight excluding hydrogens is 322 g/mol. The first-order valence-electron chi connectivity index (χ1n) is 8.73. The zero-order valence-corrected chi connectivity index (χ0v) is 15.0. The van der Waals surface area contributed by atoms with Crippen LogP contribution >= 0.6 is 0 Å². The third-order valence-corrected chi connectivity index (χ3v) is 4.59. The van der Waals surface area contributed by atoms with E-state index in [0.717, 1.165) is 46.7 Å². The molecule has 0 radical (unpaired) electrons. The first-order valence-corrected chi connectivity index (χ1v) is 8.73. The second-order valence-electron chi connectivity index (χ2n) is 6.62. The fraction of sp³-hybridized carbons (Fsp3) is 0.190. The van der Waals surface area contributed by atoms with Gasteiger partial charge < -0.3 is 10.7 Å². The van der Waals surface area contributed by atoms with E-state index in [9.17, 15) is 0 Å². The number of aromatic amines is 1. The Morgan fingerprint density at radius 2 is 1.88 bits per heavy atom. The van der Waals surface area contributed by atoms with Gasteiger partial charge in [-0.2, -0.15) is 0 Å². The lowest BCUT2D eigenvalue weighted by Crippen LogP contribution is -2.02. The van der Waals surface area contributed by atoms with Crippen LogP contribution in [0.25, 0.3) is 22.6 Å². The number of aromatic nitrogens is 4. The van der Waals surface area contributed by atoms with Gasteiger partial charge in [0.05, 0.1) is 0 Å². The summed E-state index contributed by atoms with van der Waals surface area (Å²) in [4.78, 5) is 16.9. The molecule has 0 fully saturated rings. The Balaban J connectivity index is 1.70. The summed E-state index contributed by atoms with van der Waals surface area (Å²) in [6.07, 6.45) is 3.49. The number of pyridine rings is 2. The van der Waals surface area contributed by atoms with Crippen LogP contribution in [0.3, 0.4) is 0 Å². The summed E-state index contributed by atoms with van der Waals surface area (Å²) in [5.41, 5.74) is 13.4. The average Bonchev–Trinajstić information content (AvgIpc) is 3.03. The van der Waals surface area contributed by atoms with Crippen molar-refractivity contribution in [1.82, 2.24) is 19.9 Å². The first-order chi connectivity index (χ1) is 12.6. The van der Waals surface area contributed by atoms with Crippen LogP contribution < -0.4 is 5.73 Å². The van der Waals surface area contributed by atoms with Crippen LogP contribution in [0, 0.1) is 13.8 Å². The Morgan fingerprint density at radius 3 is 2.69 bits per heavy atom. The summed E-state index contributed by atoms with van der Waals surface area (Å²) < 4.78 is 0. The van der Waals surface area contributed by atoms with Gasteiger partial charge in [-0.15, -0.1) is 0 Å². The molecule has 130 valence electrons. The van der Waals surface area contributed by atoms with Gasteiger partial charge in [0.1, 0.15) is 17.2 Å². The van der Waals surface area contributed by atoms with Crippen LogP contribution in [0.5, 0.6) is 0 Å². The minimum atomic E-state index is 0.577. The predicted molar refractivity (Wildman–Crippen MR) is 105 cm³/mol. The van der Waals surface area contributed by atoms with Gasteiger partial charge in [0, 0.05) is 17.5 Å². The zero-order chi connectivity index (χ0) is 18.1. The molecule has 5 nitrogen and oxygen atoms in total. The number of hydrogen-bond donors (Lipinski definition) is 2. The van der Waals surface area contributed by atoms with Crippen LogP contribution in [0.1, 0.15) is 22.4 Å². The standard InChI is InChI=1S/C21H21N5/c1-13-11-15(24-19(22)12-13)8-9-16-14(2)5-3-6-17(16)20-25-18-7-4-10-23-21(18)26-20/h3-7,10-12H,8-9H2,1-2H3,(H2,22,24)(H,23,25,26). The number of fused-ring (bicyclic) bond motifs is 1. The molecule has 0 atom stereocenters. The number of benzene rings is 1. The van der Waals surface area contributed by atoms with Crippen molar-refractivity contribution in [3.63, 3.8) is 0 Å². The number of imidazole rings is 1. The van der Waals surface area contributed by atoms with E-state index in [4.69, 9.17) is 10.7 Å². The van der Waals surface area contributed by atoms with Crippen LogP contribution in [0.2, 0.25) is 0 Å². The van der Waals surface area contributed by atoms with E-state index in [1.807, 2.05) is 25.1 Å². The van der Waals surface area contributed by atoms with Crippen molar-refractivity contribution in [2.24, 2.45) is 0 Å². The monoisotopic (exact) mass is 343 g/mol. The molecule has 0 saturated carbocycles. The molecule has 5 heteroatoms. The molecule has 0 unspecified atom stereocenters. The highest BCUT2D eigenvalue weighted by Crippen LogP contribution is 2.27. The van der Waals surface area contributed by atoms with E-state index >= 15 is 0 Å². The maximum atomic E-state index is 5.89. The summed E-state index contributed by atoms with van der Waals surface area (Å²) in [5.74, 6) is 1.43. The Bertz CT molecular complexity index is 1030. The van der Waals surface area contributed by atoms with Crippen molar-refractivity contribution in [3.8, 4) is 11.4 Å². The molecule has 4 aromatic rings. The zero-order valence-electron chi connectivity index (χ0n) is 15.0. The normalized spacial score (nSPS) is 11.2. The first kappa shape index (κ1) is 16.3. The van der Waals surface area contributed by atoms with Crippen molar-refractivity contribution in [3.05, 3.63) is 71.0 Å². The maximum Gasteiger partial charge on any atom is 0.157 e. The highest BCUT2D eigenvalue weighted by atomic mass is 15.0. The minimum absolute atomic E-state index is 0.577. The topological polar surface area (TPSA) is 80.5 Å². The smallest absolute Gasteiger partial charge is 0.157 e. The Hall–Kier alpha value is -3.21. The van der Waals surface area contributed by atoms with Gasteiger partial charge in [-0.1, -0.05) is 18.2 Å². The van der Waals surface area contributed by atoms with Crippen LogP contribution in [0.15, 0.2) is 48.7 Å². The van der Waals surface area contributed by atoms with Gasteiger partial charge in [0.15, 0.2) is 5.65 Å². The fourth-order valence-corrected chi connectivity index (χ4v) is 3.38. The molecule has 0 aliphatic heterocycles. The maximum absolute atomic E-state index is 5.89. The molecule has 26 heavy (non-hydrogen) atoms. The highest BCUT2D eigenvalue weighted by molar-refractivity contribution is 5.76. The molecule has 0 amide bonds. The van der Waals surface area contributed by atoms with E-state index < -0.39 is 0 Å². The number of aryl methyl sites for hydroxylation is 3. The van der Waals surface area contributed by atoms with Gasteiger partial charge in [-0.3, -0.25) is 0 Å². The molecule has 3 heterocycles. The van der Waals surface area contributed by atoms with Crippen molar-refractivity contribution in [2.45, 2.75) is 26.7 Å². The molecule has 0 saturated heterocycles. The largest absolute Gasteiger partial charge is 0.384 e. The van der Waals surface area contributed by atoms with Crippen molar-refractivity contribution >= 4 is 17.0 Å². The van der Waals surface area contributed by atoms with E-state index in [0.29, 0.717) is 5.82 Å². The summed E-state index contributed by atoms with van der Waals surface area (Å²) in [7, 11) is 0. The molecule has 0 spiro atoms. The van der Waals surface area contributed by atoms with E-state index in [1.165, 1.54) is 11.1 Å². The molecule has 4 rings (SSSR count). The number of nitrogen functional groups attached to an aromatic ring is 1. The third-order valence-electron chi connectivity index (χ3n) is 4.59. The molecule has 0 aliphatic carbocycles. The van der Waals surface area contributed by atoms with Gasteiger partial charge >= 0.3 is 0 Å². The minimum Gasteiger partial charge on any atom is -0.384 e. The van der Waals surface area contributed by atoms with E-state index in [1.54, 1.807) is 6.20 Å². The molecular formula is C21H21N5. The second kappa shape index (κ2) is 6.59. The Labute approximate surface area is 152 Å². The van der Waals surface area contributed by atoms with Gasteiger partial charge in [-0.25, -0.2) is 15.0 Å². The molecule has 0 aliphatic rings. The highest BCUT2D eigenvalue weighted by Gasteiger charge is 2.13. The third kappa shape index (κ3) is 3.16. The molecule has 1 aromatic carbocycles. The summed E-state index contributed by atoms with van der Waals surface area (Å²) in [6.45, 7) is 4.18. The van der Waals surface area contributed by atoms with Gasteiger partial charge in [-0.05, 0) is 67.6 Å². The summed E-state index contributed by atoms with van der Waals surface area (Å²) in [6, 6.07) is 14.2. The van der Waals surface area contributed by atoms with Crippen LogP contribution in [-0.2, 0) is 12.8 Å². The van der Waals surface area contributed by atoms with Crippen LogP contribution in [0.4, 0.5) is 5.82 Å². The quantitative estimate of drug-likeness (QED) is 0.587. The number of H-pyrrole nitrogens is 1. The van der Waals surface area contributed by atoms with Crippen molar-refractivity contribution in [2.75, 3.05) is 5.73 Å².